The number of hydrogen-bond acceptors (Lipinski definition) is 3. The summed E-state index contributed by atoms with van der Waals surface area (Å²) in [6.07, 6.45) is 0. The monoisotopic (exact) mass is 274 g/mol. The summed E-state index contributed by atoms with van der Waals surface area (Å²) in [5, 5.41) is 9.89. The van der Waals surface area contributed by atoms with Crippen molar-refractivity contribution < 1.29 is 0 Å². The van der Waals surface area contributed by atoms with Gasteiger partial charge in [0.25, 0.3) is 0 Å². The van der Waals surface area contributed by atoms with Crippen LogP contribution in [0.4, 0.5) is 11.5 Å². The minimum atomic E-state index is 0.521. The number of anilines is 2. The third kappa shape index (κ3) is 2.51. The number of halogens is 1. The lowest BCUT2D eigenvalue weighted by molar-refractivity contribution is 0.779. The van der Waals surface area contributed by atoms with Crippen molar-refractivity contribution in [1.29, 1.82) is 5.26 Å². The number of nitriles is 1. The van der Waals surface area contributed by atoms with Crippen LogP contribution in [0.1, 0.15) is 11.3 Å². The van der Waals surface area contributed by atoms with Crippen molar-refractivity contribution >= 4 is 23.1 Å². The number of aromatic nitrogens is 1. The van der Waals surface area contributed by atoms with Gasteiger partial charge in [0.2, 0.25) is 0 Å². The highest BCUT2D eigenvalue weighted by atomic mass is 35.5. The molecule has 4 nitrogen and oxygen atoms in total. The van der Waals surface area contributed by atoms with Crippen LogP contribution < -0.4 is 10.6 Å². The molecule has 2 aromatic rings. The molecule has 0 aliphatic rings. The van der Waals surface area contributed by atoms with E-state index in [1.54, 1.807) is 6.07 Å². The zero-order valence-corrected chi connectivity index (χ0v) is 11.6. The molecule has 0 radical (unpaired) electrons. The number of nitrogens with zero attached hydrogens (tertiary/aromatic N) is 3. The second-order valence-corrected chi connectivity index (χ2v) is 4.90. The molecule has 1 aromatic carbocycles. The van der Waals surface area contributed by atoms with Crippen LogP contribution in [0, 0.1) is 11.3 Å². The van der Waals surface area contributed by atoms with Gasteiger partial charge in [-0.25, -0.2) is 0 Å². The predicted molar refractivity (Wildman–Crippen MR) is 78.4 cm³/mol. The molecule has 0 spiro atoms. The van der Waals surface area contributed by atoms with E-state index in [9.17, 15) is 5.26 Å². The molecule has 0 aliphatic heterocycles. The largest absolute Gasteiger partial charge is 0.396 e. The summed E-state index contributed by atoms with van der Waals surface area (Å²) < 4.78 is 1.87. The van der Waals surface area contributed by atoms with E-state index in [-0.39, 0.29) is 0 Å². The summed E-state index contributed by atoms with van der Waals surface area (Å²) in [6, 6.07) is 11.4. The van der Waals surface area contributed by atoms with E-state index in [0.29, 0.717) is 22.9 Å². The molecule has 1 heterocycles. The molecular weight excluding hydrogens is 260 g/mol. The summed E-state index contributed by atoms with van der Waals surface area (Å²) in [6.45, 7) is 0.521. The van der Waals surface area contributed by atoms with Crippen LogP contribution in [-0.2, 0) is 6.54 Å². The van der Waals surface area contributed by atoms with Gasteiger partial charge < -0.3 is 15.2 Å². The molecule has 0 aliphatic carbocycles. The van der Waals surface area contributed by atoms with E-state index < -0.39 is 0 Å². The number of rotatable bonds is 3. The van der Waals surface area contributed by atoms with Gasteiger partial charge in [0.1, 0.15) is 17.6 Å². The topological polar surface area (TPSA) is 58.0 Å². The molecule has 0 amide bonds. The zero-order chi connectivity index (χ0) is 14.0. The van der Waals surface area contributed by atoms with Crippen molar-refractivity contribution in [2.75, 3.05) is 24.7 Å². The van der Waals surface area contributed by atoms with Crippen LogP contribution in [0.15, 0.2) is 30.3 Å². The maximum absolute atomic E-state index is 9.21. The third-order valence-electron chi connectivity index (χ3n) is 2.92. The average molecular weight is 275 g/mol. The smallest absolute Gasteiger partial charge is 0.133 e. The molecule has 2 N–H and O–H groups in total. The predicted octanol–water partition coefficient (Wildman–Crippen LogP) is 2.71. The van der Waals surface area contributed by atoms with Gasteiger partial charge in [-0.3, -0.25) is 0 Å². The molecule has 0 bridgehead atoms. The summed E-state index contributed by atoms with van der Waals surface area (Å²) in [5.41, 5.74) is 8.04. The first kappa shape index (κ1) is 13.3. The second-order valence-electron chi connectivity index (χ2n) is 4.49. The highest BCUT2D eigenvalue weighted by Crippen LogP contribution is 2.28. The summed E-state index contributed by atoms with van der Waals surface area (Å²) in [5.74, 6) is 0.816. The van der Waals surface area contributed by atoms with Gasteiger partial charge >= 0.3 is 0 Å². The molecule has 19 heavy (non-hydrogen) atoms. The first-order chi connectivity index (χ1) is 9.04. The molecule has 1 aromatic heterocycles. The van der Waals surface area contributed by atoms with Gasteiger partial charge in [-0.1, -0.05) is 29.8 Å². The van der Waals surface area contributed by atoms with Gasteiger partial charge in [-0.15, -0.1) is 0 Å². The first-order valence-electron chi connectivity index (χ1n) is 5.84. The van der Waals surface area contributed by atoms with Crippen molar-refractivity contribution in [2.45, 2.75) is 6.54 Å². The van der Waals surface area contributed by atoms with Crippen molar-refractivity contribution in [1.82, 2.24) is 4.57 Å². The Morgan fingerprint density at radius 1 is 1.37 bits per heavy atom. The Bertz CT molecular complexity index is 637. The minimum absolute atomic E-state index is 0.521. The molecule has 0 saturated heterocycles. The Labute approximate surface area is 117 Å². The van der Waals surface area contributed by atoms with E-state index in [1.165, 1.54) is 0 Å². The summed E-state index contributed by atoms with van der Waals surface area (Å²) in [7, 11) is 3.80. The van der Waals surface area contributed by atoms with E-state index in [4.69, 9.17) is 17.3 Å². The van der Waals surface area contributed by atoms with Gasteiger partial charge in [-0.05, 0) is 17.7 Å². The van der Waals surface area contributed by atoms with E-state index >= 15 is 0 Å². The molecule has 0 fully saturated rings. The molecule has 0 saturated carbocycles. The molecule has 98 valence electrons. The highest BCUT2D eigenvalue weighted by Gasteiger charge is 2.15. The highest BCUT2D eigenvalue weighted by molar-refractivity contribution is 6.31. The van der Waals surface area contributed by atoms with E-state index in [0.717, 1.165) is 11.4 Å². The number of benzene rings is 1. The fraction of sp³-hybridized carbons (Fsp3) is 0.214. The molecule has 2 rings (SSSR count). The van der Waals surface area contributed by atoms with Crippen molar-refractivity contribution in [3.63, 3.8) is 0 Å². The Hall–Kier alpha value is -2.12. The van der Waals surface area contributed by atoms with Crippen LogP contribution in [0.25, 0.3) is 0 Å². The Kier molecular flexibility index (Phi) is 3.68. The maximum atomic E-state index is 9.21. The Morgan fingerprint density at radius 2 is 2.05 bits per heavy atom. The Balaban J connectivity index is 2.51. The van der Waals surface area contributed by atoms with Crippen LogP contribution in [-0.4, -0.2) is 18.7 Å². The lowest BCUT2D eigenvalue weighted by Gasteiger charge is -2.18. The zero-order valence-electron chi connectivity index (χ0n) is 10.9. The molecule has 5 heteroatoms. The number of nitrogen functional groups attached to an aromatic ring is 1. The third-order valence-corrected chi connectivity index (χ3v) is 3.29. The second kappa shape index (κ2) is 5.25. The first-order valence-corrected chi connectivity index (χ1v) is 6.22. The van der Waals surface area contributed by atoms with E-state index in [2.05, 4.69) is 6.07 Å². The van der Waals surface area contributed by atoms with Crippen molar-refractivity contribution in [2.24, 2.45) is 0 Å². The SMILES string of the molecule is CN(C)c1c(N)cc(C#N)n1Cc1ccccc1Cl. The minimum Gasteiger partial charge on any atom is -0.396 e. The molecule has 0 atom stereocenters. The molecular formula is C14H15ClN4. The van der Waals surface area contributed by atoms with Gasteiger partial charge in [0.05, 0.1) is 12.2 Å². The van der Waals surface area contributed by atoms with Crippen molar-refractivity contribution in [3.8, 4) is 6.07 Å². The lowest BCUT2D eigenvalue weighted by atomic mass is 10.2. The van der Waals surface area contributed by atoms with Crippen LogP contribution in [0.2, 0.25) is 5.02 Å². The van der Waals surface area contributed by atoms with Gasteiger partial charge in [-0.2, -0.15) is 5.26 Å². The summed E-state index contributed by atoms with van der Waals surface area (Å²) >= 11 is 6.17. The Morgan fingerprint density at radius 3 is 2.63 bits per heavy atom. The molecule has 0 unspecified atom stereocenters. The van der Waals surface area contributed by atoms with Crippen LogP contribution in [0.5, 0.6) is 0 Å². The van der Waals surface area contributed by atoms with Gasteiger partial charge in [0, 0.05) is 19.1 Å². The maximum Gasteiger partial charge on any atom is 0.133 e. The lowest BCUT2D eigenvalue weighted by Crippen LogP contribution is -2.17. The van der Waals surface area contributed by atoms with Gasteiger partial charge in [0.15, 0.2) is 0 Å². The fourth-order valence-electron chi connectivity index (χ4n) is 2.11. The standard InChI is InChI=1S/C14H15ClN4/c1-18(2)14-13(17)7-11(8-16)19(14)9-10-5-3-4-6-12(10)15/h3-7H,9,17H2,1-2H3. The summed E-state index contributed by atoms with van der Waals surface area (Å²) in [4.78, 5) is 1.90. The van der Waals surface area contributed by atoms with Crippen molar-refractivity contribution in [3.05, 3.63) is 46.6 Å². The van der Waals surface area contributed by atoms with Crippen LogP contribution in [0.3, 0.4) is 0 Å². The van der Waals surface area contributed by atoms with E-state index in [1.807, 2.05) is 47.8 Å². The average Bonchev–Trinajstić information content (AvgIpc) is 2.68. The quantitative estimate of drug-likeness (QED) is 0.936. The fourth-order valence-corrected chi connectivity index (χ4v) is 2.30. The number of nitrogens with two attached hydrogens (primary N) is 1. The normalized spacial score (nSPS) is 10.2. The number of hydrogen-bond donors (Lipinski definition) is 1. The van der Waals surface area contributed by atoms with Crippen LogP contribution >= 0.6 is 11.6 Å².